The molecule has 0 aromatic heterocycles. The highest BCUT2D eigenvalue weighted by molar-refractivity contribution is 5.84. The quantitative estimate of drug-likeness (QED) is 0.839. The van der Waals surface area contributed by atoms with Gasteiger partial charge in [0.25, 0.3) is 0 Å². The van der Waals surface area contributed by atoms with Crippen LogP contribution in [0.15, 0.2) is 30.3 Å². The molecular weight excluding hydrogens is 264 g/mol. The number of hydrogen-bond acceptors (Lipinski definition) is 3. The Balaban J connectivity index is 2.29. The summed E-state index contributed by atoms with van der Waals surface area (Å²) in [6.07, 6.45) is 2.76. The molecule has 21 heavy (non-hydrogen) atoms. The molecule has 1 aliphatic heterocycles. The Kier molecular flexibility index (Phi) is 5.76. The zero-order valence-corrected chi connectivity index (χ0v) is 13.2. The van der Waals surface area contributed by atoms with Crippen molar-refractivity contribution in [1.82, 2.24) is 10.2 Å². The highest BCUT2D eigenvalue weighted by Gasteiger charge is 2.41. The van der Waals surface area contributed by atoms with Crippen LogP contribution in [0.1, 0.15) is 44.8 Å². The SMILES string of the molecule is CCCC(COC)N1C(=O)C(CC)NC1c1ccccc1. The minimum absolute atomic E-state index is 0.0460. The maximum absolute atomic E-state index is 12.7. The molecule has 0 bridgehead atoms. The summed E-state index contributed by atoms with van der Waals surface area (Å²) in [5.41, 5.74) is 1.14. The van der Waals surface area contributed by atoms with Crippen molar-refractivity contribution in [2.75, 3.05) is 13.7 Å². The number of nitrogens with zero attached hydrogens (tertiary/aromatic N) is 1. The predicted molar refractivity (Wildman–Crippen MR) is 83.8 cm³/mol. The number of benzene rings is 1. The van der Waals surface area contributed by atoms with Crippen LogP contribution in [0.4, 0.5) is 0 Å². The number of hydrogen-bond donors (Lipinski definition) is 1. The molecule has 1 N–H and O–H groups in total. The number of nitrogens with one attached hydrogen (secondary N) is 1. The summed E-state index contributed by atoms with van der Waals surface area (Å²) < 4.78 is 5.35. The molecule has 3 unspecified atom stereocenters. The molecule has 1 aromatic rings. The van der Waals surface area contributed by atoms with Gasteiger partial charge in [-0.05, 0) is 18.4 Å². The second-order valence-corrected chi connectivity index (χ2v) is 5.58. The first kappa shape index (κ1) is 16.0. The smallest absolute Gasteiger partial charge is 0.241 e. The molecule has 0 saturated carbocycles. The Bertz CT molecular complexity index is 443. The summed E-state index contributed by atoms with van der Waals surface area (Å²) in [6.45, 7) is 4.78. The molecular formula is C17H26N2O2. The van der Waals surface area contributed by atoms with Gasteiger partial charge in [-0.15, -0.1) is 0 Å². The number of carbonyl (C=O) groups is 1. The van der Waals surface area contributed by atoms with Gasteiger partial charge in [0.05, 0.1) is 18.7 Å². The van der Waals surface area contributed by atoms with Crippen molar-refractivity contribution >= 4 is 5.91 Å². The Morgan fingerprint density at radius 3 is 2.57 bits per heavy atom. The summed E-state index contributed by atoms with van der Waals surface area (Å²) in [5, 5.41) is 3.47. The number of rotatable bonds is 7. The fraction of sp³-hybridized carbons (Fsp3) is 0.588. The molecule has 1 amide bonds. The first-order valence-corrected chi connectivity index (χ1v) is 7.85. The second-order valence-electron chi connectivity index (χ2n) is 5.58. The molecule has 3 atom stereocenters. The van der Waals surface area contributed by atoms with Crippen molar-refractivity contribution in [3.63, 3.8) is 0 Å². The summed E-state index contributed by atoms with van der Waals surface area (Å²) in [7, 11) is 1.70. The molecule has 2 rings (SSSR count). The molecule has 0 radical (unpaired) electrons. The van der Waals surface area contributed by atoms with E-state index in [1.807, 2.05) is 30.0 Å². The van der Waals surface area contributed by atoms with Gasteiger partial charge >= 0.3 is 0 Å². The number of amides is 1. The lowest BCUT2D eigenvalue weighted by Crippen LogP contribution is -2.42. The zero-order valence-electron chi connectivity index (χ0n) is 13.2. The molecule has 1 aromatic carbocycles. The van der Waals surface area contributed by atoms with Gasteiger partial charge in [0.2, 0.25) is 5.91 Å². The van der Waals surface area contributed by atoms with Gasteiger partial charge < -0.3 is 9.64 Å². The van der Waals surface area contributed by atoms with Crippen LogP contribution >= 0.6 is 0 Å². The average molecular weight is 290 g/mol. The van der Waals surface area contributed by atoms with Crippen LogP contribution in [0.2, 0.25) is 0 Å². The summed E-state index contributed by atoms with van der Waals surface area (Å²) >= 11 is 0. The lowest BCUT2D eigenvalue weighted by Gasteiger charge is -2.32. The zero-order chi connectivity index (χ0) is 15.2. The summed E-state index contributed by atoms with van der Waals surface area (Å²) in [4.78, 5) is 14.7. The van der Waals surface area contributed by atoms with E-state index in [-0.39, 0.29) is 24.2 Å². The summed E-state index contributed by atoms with van der Waals surface area (Å²) in [5.74, 6) is 0.196. The Morgan fingerprint density at radius 2 is 2.00 bits per heavy atom. The van der Waals surface area contributed by atoms with E-state index < -0.39 is 0 Å². The monoisotopic (exact) mass is 290 g/mol. The van der Waals surface area contributed by atoms with Crippen LogP contribution in [0, 0.1) is 0 Å². The van der Waals surface area contributed by atoms with Crippen LogP contribution in [-0.4, -0.2) is 36.6 Å². The molecule has 116 valence electrons. The minimum Gasteiger partial charge on any atom is -0.383 e. The second kappa shape index (κ2) is 7.57. The van der Waals surface area contributed by atoms with Crippen LogP contribution in [0.5, 0.6) is 0 Å². The van der Waals surface area contributed by atoms with Gasteiger partial charge in [0, 0.05) is 7.11 Å². The van der Waals surface area contributed by atoms with E-state index in [2.05, 4.69) is 24.4 Å². The van der Waals surface area contributed by atoms with Crippen molar-refractivity contribution in [3.8, 4) is 0 Å². The molecule has 1 aliphatic rings. The highest BCUT2D eigenvalue weighted by Crippen LogP contribution is 2.30. The van der Waals surface area contributed by atoms with Crippen molar-refractivity contribution in [2.45, 2.75) is 51.4 Å². The maximum atomic E-state index is 12.7. The third-order valence-electron chi connectivity index (χ3n) is 4.09. The molecule has 0 aliphatic carbocycles. The van der Waals surface area contributed by atoms with Crippen LogP contribution < -0.4 is 5.32 Å². The fourth-order valence-electron chi connectivity index (χ4n) is 3.05. The maximum Gasteiger partial charge on any atom is 0.241 e. The van der Waals surface area contributed by atoms with E-state index in [1.54, 1.807) is 7.11 Å². The van der Waals surface area contributed by atoms with E-state index in [4.69, 9.17) is 4.74 Å². The van der Waals surface area contributed by atoms with Gasteiger partial charge in [0.15, 0.2) is 0 Å². The number of ether oxygens (including phenoxy) is 1. The third-order valence-corrected chi connectivity index (χ3v) is 4.09. The molecule has 1 heterocycles. The lowest BCUT2D eigenvalue weighted by atomic mass is 10.1. The van der Waals surface area contributed by atoms with Crippen LogP contribution in [0.3, 0.4) is 0 Å². The van der Waals surface area contributed by atoms with E-state index >= 15 is 0 Å². The number of methoxy groups -OCH3 is 1. The van der Waals surface area contributed by atoms with Crippen LogP contribution in [0.25, 0.3) is 0 Å². The Labute approximate surface area is 127 Å². The van der Waals surface area contributed by atoms with E-state index in [1.165, 1.54) is 0 Å². The van der Waals surface area contributed by atoms with E-state index in [9.17, 15) is 4.79 Å². The van der Waals surface area contributed by atoms with Gasteiger partial charge in [-0.3, -0.25) is 10.1 Å². The van der Waals surface area contributed by atoms with Crippen molar-refractivity contribution in [3.05, 3.63) is 35.9 Å². The molecule has 0 spiro atoms. The first-order valence-electron chi connectivity index (χ1n) is 7.85. The molecule has 4 heteroatoms. The fourth-order valence-corrected chi connectivity index (χ4v) is 3.05. The molecule has 1 fully saturated rings. The Morgan fingerprint density at radius 1 is 1.29 bits per heavy atom. The van der Waals surface area contributed by atoms with Crippen LogP contribution in [-0.2, 0) is 9.53 Å². The topological polar surface area (TPSA) is 41.6 Å². The molecule has 1 saturated heterocycles. The van der Waals surface area contributed by atoms with Crippen molar-refractivity contribution in [1.29, 1.82) is 0 Å². The third kappa shape index (κ3) is 3.44. The van der Waals surface area contributed by atoms with Crippen molar-refractivity contribution in [2.24, 2.45) is 0 Å². The molecule has 4 nitrogen and oxygen atoms in total. The average Bonchev–Trinajstić information content (AvgIpc) is 2.84. The first-order chi connectivity index (χ1) is 10.2. The normalized spacial score (nSPS) is 23.6. The van der Waals surface area contributed by atoms with Gasteiger partial charge in [-0.1, -0.05) is 50.6 Å². The summed E-state index contributed by atoms with van der Waals surface area (Å²) in [6, 6.07) is 10.2. The predicted octanol–water partition coefficient (Wildman–Crippen LogP) is 2.71. The Hall–Kier alpha value is -1.39. The van der Waals surface area contributed by atoms with E-state index in [0.29, 0.717) is 6.61 Å². The van der Waals surface area contributed by atoms with Gasteiger partial charge in [-0.2, -0.15) is 0 Å². The lowest BCUT2D eigenvalue weighted by molar-refractivity contribution is -0.133. The van der Waals surface area contributed by atoms with Crippen molar-refractivity contribution < 1.29 is 9.53 Å². The van der Waals surface area contributed by atoms with Gasteiger partial charge in [0.1, 0.15) is 6.17 Å². The van der Waals surface area contributed by atoms with E-state index in [0.717, 1.165) is 24.8 Å². The highest BCUT2D eigenvalue weighted by atomic mass is 16.5. The standard InChI is InChI=1S/C17H26N2O2/c1-4-9-14(12-21-3)19-16(13-10-7-6-8-11-13)18-15(5-2)17(19)20/h6-8,10-11,14-16,18H,4-5,9,12H2,1-3H3. The minimum atomic E-state index is -0.0913. The van der Waals surface area contributed by atoms with Gasteiger partial charge in [-0.25, -0.2) is 0 Å². The largest absolute Gasteiger partial charge is 0.383 e. The number of carbonyl (C=O) groups excluding carboxylic acids is 1.